The molecule has 0 unspecified atom stereocenters. The van der Waals surface area contributed by atoms with Gasteiger partial charge >= 0.3 is 5.97 Å². The van der Waals surface area contributed by atoms with E-state index in [9.17, 15) is 14.4 Å². The van der Waals surface area contributed by atoms with Gasteiger partial charge in [0.25, 0.3) is 0 Å². The molecule has 0 saturated heterocycles. The summed E-state index contributed by atoms with van der Waals surface area (Å²) in [6.07, 6.45) is 0.146. The van der Waals surface area contributed by atoms with E-state index in [0.717, 1.165) is 5.56 Å². The number of hydrogen-bond donors (Lipinski definition) is 3. The van der Waals surface area contributed by atoms with Gasteiger partial charge in [0.2, 0.25) is 11.8 Å². The number of aliphatic carboxylic acids is 1. The van der Waals surface area contributed by atoms with Gasteiger partial charge in [-0.2, -0.15) is 0 Å². The second kappa shape index (κ2) is 6.53. The molecule has 0 aliphatic heterocycles. The van der Waals surface area contributed by atoms with Gasteiger partial charge in [-0.05, 0) is 12.5 Å². The number of carbonyl (C=O) groups excluding carboxylic acids is 2. The monoisotopic (exact) mass is 264 g/mol. The standard InChI is InChI=1S/C13H16N2O4/c1-8(11(14)16)12(17)15-10(13(18)19)7-9-5-3-2-4-6-9/h2-6,8,10H,7H2,1H3,(H2,14,16)(H,15,17)(H,18,19)/t8-,10-/m0/s1. The second-order valence-corrected chi connectivity index (χ2v) is 4.21. The van der Waals surface area contributed by atoms with Crippen LogP contribution in [0.2, 0.25) is 0 Å². The first-order valence-electron chi connectivity index (χ1n) is 5.78. The lowest BCUT2D eigenvalue weighted by Crippen LogP contribution is -2.47. The minimum Gasteiger partial charge on any atom is -0.480 e. The van der Waals surface area contributed by atoms with E-state index in [-0.39, 0.29) is 6.42 Å². The Morgan fingerprint density at radius 3 is 2.32 bits per heavy atom. The van der Waals surface area contributed by atoms with Crippen molar-refractivity contribution in [3.63, 3.8) is 0 Å². The molecule has 2 atom stereocenters. The van der Waals surface area contributed by atoms with Crippen molar-refractivity contribution in [2.24, 2.45) is 11.7 Å². The van der Waals surface area contributed by atoms with Crippen LogP contribution in [-0.2, 0) is 20.8 Å². The fourth-order valence-corrected chi connectivity index (χ4v) is 1.48. The first-order chi connectivity index (χ1) is 8.91. The molecule has 6 heteroatoms. The van der Waals surface area contributed by atoms with E-state index < -0.39 is 29.7 Å². The normalized spacial score (nSPS) is 13.3. The van der Waals surface area contributed by atoms with Crippen molar-refractivity contribution in [2.45, 2.75) is 19.4 Å². The molecule has 6 nitrogen and oxygen atoms in total. The van der Waals surface area contributed by atoms with Crippen molar-refractivity contribution in [1.82, 2.24) is 5.32 Å². The summed E-state index contributed by atoms with van der Waals surface area (Å²) in [5.41, 5.74) is 5.77. The minimum atomic E-state index is -1.16. The smallest absolute Gasteiger partial charge is 0.326 e. The molecular weight excluding hydrogens is 248 g/mol. The summed E-state index contributed by atoms with van der Waals surface area (Å²) in [6.45, 7) is 1.33. The van der Waals surface area contributed by atoms with Crippen LogP contribution in [0.15, 0.2) is 30.3 Å². The highest BCUT2D eigenvalue weighted by atomic mass is 16.4. The number of primary amides is 1. The molecule has 102 valence electrons. The van der Waals surface area contributed by atoms with Crippen LogP contribution in [0.25, 0.3) is 0 Å². The molecule has 19 heavy (non-hydrogen) atoms. The minimum absolute atomic E-state index is 0.146. The number of carboxylic acid groups (broad SMARTS) is 1. The number of nitrogens with two attached hydrogens (primary N) is 1. The van der Waals surface area contributed by atoms with Crippen molar-refractivity contribution in [1.29, 1.82) is 0 Å². The van der Waals surface area contributed by atoms with E-state index >= 15 is 0 Å². The molecular formula is C13H16N2O4. The topological polar surface area (TPSA) is 109 Å². The SMILES string of the molecule is C[C@@H](C(N)=O)C(=O)N[C@@H](Cc1ccccc1)C(=O)O. The van der Waals surface area contributed by atoms with E-state index in [4.69, 9.17) is 10.8 Å². The molecule has 0 aliphatic rings. The van der Waals surface area contributed by atoms with E-state index in [0.29, 0.717) is 0 Å². The number of carbonyl (C=O) groups is 3. The molecule has 1 aromatic rings. The van der Waals surface area contributed by atoms with Gasteiger partial charge in [-0.3, -0.25) is 9.59 Å². The molecule has 4 N–H and O–H groups in total. The van der Waals surface area contributed by atoms with Gasteiger partial charge in [0.15, 0.2) is 0 Å². The largest absolute Gasteiger partial charge is 0.480 e. The zero-order chi connectivity index (χ0) is 14.4. The van der Waals surface area contributed by atoms with Crippen LogP contribution in [0.3, 0.4) is 0 Å². The summed E-state index contributed by atoms with van der Waals surface area (Å²) in [6, 6.07) is 7.81. The summed E-state index contributed by atoms with van der Waals surface area (Å²) in [5.74, 6) is -3.69. The number of benzene rings is 1. The van der Waals surface area contributed by atoms with Crippen LogP contribution in [0.1, 0.15) is 12.5 Å². The van der Waals surface area contributed by atoms with Crippen molar-refractivity contribution >= 4 is 17.8 Å². The molecule has 0 bridgehead atoms. The average molecular weight is 264 g/mol. The highest BCUT2D eigenvalue weighted by Gasteiger charge is 2.25. The Kier molecular flexibility index (Phi) is 5.05. The van der Waals surface area contributed by atoms with Gasteiger partial charge in [-0.1, -0.05) is 30.3 Å². The maximum atomic E-state index is 11.6. The average Bonchev–Trinajstić information content (AvgIpc) is 2.37. The molecule has 0 radical (unpaired) electrons. The van der Waals surface area contributed by atoms with Gasteiger partial charge in [0, 0.05) is 6.42 Å². The van der Waals surface area contributed by atoms with E-state index in [2.05, 4.69) is 5.32 Å². The summed E-state index contributed by atoms with van der Waals surface area (Å²) >= 11 is 0. The molecule has 0 fully saturated rings. The second-order valence-electron chi connectivity index (χ2n) is 4.21. The maximum absolute atomic E-state index is 11.6. The molecule has 0 aliphatic carbocycles. The number of nitrogens with one attached hydrogen (secondary N) is 1. The van der Waals surface area contributed by atoms with Gasteiger partial charge in [-0.25, -0.2) is 4.79 Å². The first kappa shape index (κ1) is 14.7. The lowest BCUT2D eigenvalue weighted by Gasteiger charge is -2.16. The van der Waals surface area contributed by atoms with Gasteiger partial charge in [0.05, 0.1) is 0 Å². The Morgan fingerprint density at radius 2 is 1.84 bits per heavy atom. The zero-order valence-electron chi connectivity index (χ0n) is 10.5. The van der Waals surface area contributed by atoms with Crippen LogP contribution in [-0.4, -0.2) is 28.9 Å². The van der Waals surface area contributed by atoms with Crippen LogP contribution in [0.4, 0.5) is 0 Å². The van der Waals surface area contributed by atoms with E-state index in [1.54, 1.807) is 24.3 Å². The van der Waals surface area contributed by atoms with Crippen molar-refractivity contribution in [3.05, 3.63) is 35.9 Å². The lowest BCUT2D eigenvalue weighted by atomic mass is 10.0. The molecule has 0 heterocycles. The van der Waals surface area contributed by atoms with Gasteiger partial charge < -0.3 is 16.2 Å². The third-order valence-corrected chi connectivity index (χ3v) is 2.72. The zero-order valence-corrected chi connectivity index (χ0v) is 10.5. The Hall–Kier alpha value is -2.37. The number of carboxylic acids is 1. The third-order valence-electron chi connectivity index (χ3n) is 2.72. The molecule has 2 amide bonds. The highest BCUT2D eigenvalue weighted by molar-refractivity contribution is 6.00. The van der Waals surface area contributed by atoms with E-state index in [1.165, 1.54) is 6.92 Å². The summed E-state index contributed by atoms with van der Waals surface area (Å²) < 4.78 is 0. The fraction of sp³-hybridized carbons (Fsp3) is 0.308. The van der Waals surface area contributed by atoms with Crippen LogP contribution in [0, 0.1) is 5.92 Å². The highest BCUT2D eigenvalue weighted by Crippen LogP contribution is 2.04. The Morgan fingerprint density at radius 1 is 1.26 bits per heavy atom. The van der Waals surface area contributed by atoms with Gasteiger partial charge in [-0.15, -0.1) is 0 Å². The van der Waals surface area contributed by atoms with Crippen LogP contribution in [0.5, 0.6) is 0 Å². The third kappa shape index (κ3) is 4.42. The predicted octanol–water partition coefficient (Wildman–Crippen LogP) is -0.0801. The van der Waals surface area contributed by atoms with Gasteiger partial charge in [0.1, 0.15) is 12.0 Å². The fourth-order valence-electron chi connectivity index (χ4n) is 1.48. The Labute approximate surface area is 110 Å². The Balaban J connectivity index is 2.72. The van der Waals surface area contributed by atoms with Crippen LogP contribution < -0.4 is 11.1 Å². The number of amides is 2. The lowest BCUT2D eigenvalue weighted by molar-refractivity contribution is -0.143. The van der Waals surface area contributed by atoms with Crippen LogP contribution >= 0.6 is 0 Å². The first-order valence-corrected chi connectivity index (χ1v) is 5.78. The summed E-state index contributed by atoms with van der Waals surface area (Å²) in [7, 11) is 0. The Bertz CT molecular complexity index is 473. The summed E-state index contributed by atoms with van der Waals surface area (Å²) in [4.78, 5) is 33.6. The molecule has 1 aromatic carbocycles. The molecule has 0 aromatic heterocycles. The quantitative estimate of drug-likeness (QED) is 0.624. The molecule has 0 spiro atoms. The molecule has 1 rings (SSSR count). The number of hydrogen-bond acceptors (Lipinski definition) is 3. The van der Waals surface area contributed by atoms with E-state index in [1.807, 2.05) is 6.07 Å². The van der Waals surface area contributed by atoms with Crippen molar-refractivity contribution in [2.75, 3.05) is 0 Å². The maximum Gasteiger partial charge on any atom is 0.326 e. The van der Waals surface area contributed by atoms with Crippen molar-refractivity contribution < 1.29 is 19.5 Å². The number of rotatable bonds is 6. The van der Waals surface area contributed by atoms with Crippen molar-refractivity contribution in [3.8, 4) is 0 Å². The molecule has 0 saturated carbocycles. The predicted molar refractivity (Wildman–Crippen MR) is 68.1 cm³/mol. The summed E-state index contributed by atoms with van der Waals surface area (Å²) in [5, 5.41) is 11.4.